The molecule has 0 spiro atoms. The molecule has 1 heterocycles. The molecular weight excluding hydrogens is 267 g/mol. The first kappa shape index (κ1) is 14.5. The zero-order valence-corrected chi connectivity index (χ0v) is 11.1. The molecule has 6 nitrogen and oxygen atoms in total. The number of halogens is 1. The summed E-state index contributed by atoms with van der Waals surface area (Å²) in [6.45, 7) is 1.32. The number of ether oxygens (including phenoxy) is 2. The first-order valence-electron chi connectivity index (χ1n) is 6.16. The second kappa shape index (κ2) is 5.64. The fraction of sp³-hybridized carbons (Fsp3) is 0.462. The second-order valence-electron chi connectivity index (χ2n) is 4.77. The maximum Gasteiger partial charge on any atom is 0.337 e. The van der Waals surface area contributed by atoms with Crippen LogP contribution in [0.2, 0.25) is 0 Å². The van der Waals surface area contributed by atoms with Crippen molar-refractivity contribution in [3.63, 3.8) is 0 Å². The highest BCUT2D eigenvalue weighted by molar-refractivity contribution is 5.94. The number of nitrogen functional groups attached to an aromatic ring is 1. The van der Waals surface area contributed by atoms with Crippen molar-refractivity contribution >= 4 is 17.3 Å². The number of nitrogens with two attached hydrogens (primary N) is 1. The van der Waals surface area contributed by atoms with E-state index in [0.717, 1.165) is 6.07 Å². The van der Waals surface area contributed by atoms with Crippen LogP contribution in [0.1, 0.15) is 16.8 Å². The van der Waals surface area contributed by atoms with E-state index in [1.54, 1.807) is 7.11 Å². The third kappa shape index (κ3) is 2.83. The molecule has 110 valence electrons. The number of carbonyl (C=O) groups is 1. The number of nitrogens with one attached hydrogen (secondary N) is 1. The van der Waals surface area contributed by atoms with Crippen LogP contribution in [0.15, 0.2) is 12.1 Å². The lowest BCUT2D eigenvalue weighted by atomic mass is 10.0. The van der Waals surface area contributed by atoms with Crippen LogP contribution in [0.25, 0.3) is 0 Å². The Morgan fingerprint density at radius 2 is 2.40 bits per heavy atom. The molecule has 20 heavy (non-hydrogen) atoms. The lowest BCUT2D eigenvalue weighted by molar-refractivity contribution is -0.00623. The van der Waals surface area contributed by atoms with Crippen molar-refractivity contribution < 1.29 is 23.8 Å². The maximum absolute atomic E-state index is 13.8. The van der Waals surface area contributed by atoms with E-state index in [1.807, 2.05) is 0 Å². The van der Waals surface area contributed by atoms with Crippen LogP contribution < -0.4 is 11.1 Å². The molecule has 0 aliphatic carbocycles. The fourth-order valence-electron chi connectivity index (χ4n) is 2.13. The second-order valence-corrected chi connectivity index (χ2v) is 4.77. The molecule has 1 aromatic carbocycles. The molecule has 1 fully saturated rings. The summed E-state index contributed by atoms with van der Waals surface area (Å²) in [6.07, 6.45) is 0.693. The van der Waals surface area contributed by atoms with Crippen molar-refractivity contribution in [1.82, 2.24) is 0 Å². The van der Waals surface area contributed by atoms with Crippen LogP contribution in [0.3, 0.4) is 0 Å². The Morgan fingerprint density at radius 1 is 1.65 bits per heavy atom. The summed E-state index contributed by atoms with van der Waals surface area (Å²) >= 11 is 0. The van der Waals surface area contributed by atoms with Gasteiger partial charge >= 0.3 is 5.97 Å². The SMILES string of the molecule is COC1(CNc2cc(C(=O)O)c(N)cc2F)CCOC1. The molecule has 2 rings (SSSR count). The van der Waals surface area contributed by atoms with Crippen molar-refractivity contribution in [1.29, 1.82) is 0 Å². The van der Waals surface area contributed by atoms with Gasteiger partial charge in [-0.1, -0.05) is 0 Å². The van der Waals surface area contributed by atoms with Crippen LogP contribution in [0.4, 0.5) is 15.8 Å². The van der Waals surface area contributed by atoms with E-state index in [0.29, 0.717) is 26.2 Å². The number of hydrogen-bond acceptors (Lipinski definition) is 5. The van der Waals surface area contributed by atoms with E-state index in [2.05, 4.69) is 5.32 Å². The van der Waals surface area contributed by atoms with E-state index in [1.165, 1.54) is 6.07 Å². The van der Waals surface area contributed by atoms with Crippen molar-refractivity contribution in [3.05, 3.63) is 23.5 Å². The van der Waals surface area contributed by atoms with E-state index in [-0.39, 0.29) is 16.9 Å². The molecule has 1 aliphatic heterocycles. The van der Waals surface area contributed by atoms with Gasteiger partial charge in [0.25, 0.3) is 0 Å². The summed E-state index contributed by atoms with van der Waals surface area (Å²) in [5.41, 5.74) is 4.79. The summed E-state index contributed by atoms with van der Waals surface area (Å²) in [5, 5.41) is 11.9. The first-order chi connectivity index (χ1) is 9.47. The average molecular weight is 284 g/mol. The van der Waals surface area contributed by atoms with E-state index in [9.17, 15) is 9.18 Å². The predicted octanol–water partition coefficient (Wildman–Crippen LogP) is 1.32. The van der Waals surface area contributed by atoms with Crippen molar-refractivity contribution in [2.75, 3.05) is 37.9 Å². The number of rotatable bonds is 5. The summed E-state index contributed by atoms with van der Waals surface area (Å²) in [7, 11) is 1.57. The van der Waals surface area contributed by atoms with E-state index < -0.39 is 17.4 Å². The molecule has 1 unspecified atom stereocenters. The Hall–Kier alpha value is -1.86. The zero-order valence-electron chi connectivity index (χ0n) is 11.1. The van der Waals surface area contributed by atoms with Gasteiger partial charge in [0.2, 0.25) is 0 Å². The van der Waals surface area contributed by atoms with Gasteiger partial charge in [-0.15, -0.1) is 0 Å². The topological polar surface area (TPSA) is 93.8 Å². The van der Waals surface area contributed by atoms with Crippen molar-refractivity contribution in [3.8, 4) is 0 Å². The van der Waals surface area contributed by atoms with Crippen molar-refractivity contribution in [2.45, 2.75) is 12.0 Å². The molecule has 1 atom stereocenters. The molecule has 4 N–H and O–H groups in total. The summed E-state index contributed by atoms with van der Waals surface area (Å²) in [5.74, 6) is -1.80. The maximum atomic E-state index is 13.8. The standard InChI is InChI=1S/C13H17FN2O4/c1-19-13(2-3-20-7-13)6-16-11-4-8(12(17)18)10(15)5-9(11)14/h4-5,16H,2-3,6-7,15H2,1H3,(H,17,18). The number of aromatic carboxylic acids is 1. The highest BCUT2D eigenvalue weighted by atomic mass is 19.1. The van der Waals surface area contributed by atoms with E-state index >= 15 is 0 Å². The van der Waals surface area contributed by atoms with Crippen LogP contribution >= 0.6 is 0 Å². The number of methoxy groups -OCH3 is 1. The van der Waals surface area contributed by atoms with Gasteiger partial charge in [0.05, 0.1) is 17.9 Å². The molecule has 0 amide bonds. The van der Waals surface area contributed by atoms with Crippen LogP contribution in [0.5, 0.6) is 0 Å². The lowest BCUT2D eigenvalue weighted by Gasteiger charge is -2.26. The van der Waals surface area contributed by atoms with Gasteiger partial charge in [-0.3, -0.25) is 0 Å². The number of benzene rings is 1. The van der Waals surface area contributed by atoms with Crippen LogP contribution in [0, 0.1) is 5.82 Å². The number of hydrogen-bond donors (Lipinski definition) is 3. The molecule has 7 heteroatoms. The summed E-state index contributed by atoms with van der Waals surface area (Å²) < 4.78 is 24.5. The lowest BCUT2D eigenvalue weighted by Crippen LogP contribution is -2.39. The highest BCUT2D eigenvalue weighted by Gasteiger charge is 2.35. The Morgan fingerprint density at radius 3 is 2.95 bits per heavy atom. The molecule has 0 saturated carbocycles. The average Bonchev–Trinajstić information content (AvgIpc) is 2.87. The minimum Gasteiger partial charge on any atom is -0.478 e. The molecule has 1 aliphatic rings. The van der Waals surface area contributed by atoms with Gasteiger partial charge in [-0.2, -0.15) is 0 Å². The summed E-state index contributed by atoms with van der Waals surface area (Å²) in [6, 6.07) is 2.18. The van der Waals surface area contributed by atoms with Gasteiger partial charge in [0.1, 0.15) is 11.4 Å². The zero-order chi connectivity index (χ0) is 14.8. The minimum atomic E-state index is -1.20. The van der Waals surface area contributed by atoms with Crippen LogP contribution in [-0.2, 0) is 9.47 Å². The molecule has 0 bridgehead atoms. The summed E-state index contributed by atoms with van der Waals surface area (Å²) in [4.78, 5) is 11.0. The Labute approximate surface area is 115 Å². The highest BCUT2D eigenvalue weighted by Crippen LogP contribution is 2.26. The van der Waals surface area contributed by atoms with Gasteiger partial charge in [-0.05, 0) is 12.1 Å². The molecule has 1 aromatic rings. The Kier molecular flexibility index (Phi) is 4.10. The quantitative estimate of drug-likeness (QED) is 0.706. The third-order valence-electron chi connectivity index (χ3n) is 3.47. The largest absolute Gasteiger partial charge is 0.478 e. The van der Waals surface area contributed by atoms with E-state index in [4.69, 9.17) is 20.3 Å². The first-order valence-corrected chi connectivity index (χ1v) is 6.16. The molecule has 0 radical (unpaired) electrons. The van der Waals surface area contributed by atoms with Gasteiger partial charge in [-0.25, -0.2) is 9.18 Å². The third-order valence-corrected chi connectivity index (χ3v) is 3.47. The Balaban J connectivity index is 2.17. The smallest absolute Gasteiger partial charge is 0.337 e. The number of carboxylic acid groups (broad SMARTS) is 1. The van der Waals surface area contributed by atoms with Crippen LogP contribution in [-0.4, -0.2) is 43.5 Å². The predicted molar refractivity (Wildman–Crippen MR) is 71.4 cm³/mol. The molecule has 0 aromatic heterocycles. The monoisotopic (exact) mass is 284 g/mol. The van der Waals surface area contributed by atoms with Gasteiger partial charge in [0.15, 0.2) is 0 Å². The van der Waals surface area contributed by atoms with Gasteiger partial charge < -0.3 is 25.6 Å². The Bertz CT molecular complexity index is 515. The number of carboxylic acids is 1. The van der Waals surface area contributed by atoms with Gasteiger partial charge in [0, 0.05) is 32.4 Å². The molecular formula is C13H17FN2O4. The normalized spacial score (nSPS) is 21.9. The fourth-order valence-corrected chi connectivity index (χ4v) is 2.13. The van der Waals surface area contributed by atoms with Crippen molar-refractivity contribution in [2.24, 2.45) is 0 Å². The molecule has 1 saturated heterocycles. The number of anilines is 2. The minimum absolute atomic E-state index is 0.0833.